The summed E-state index contributed by atoms with van der Waals surface area (Å²) in [7, 11) is 3.55. The van der Waals surface area contributed by atoms with E-state index in [1.165, 1.54) is 12.8 Å². The van der Waals surface area contributed by atoms with Crippen molar-refractivity contribution in [3.8, 4) is 0 Å². The molecule has 0 aromatic carbocycles. The number of nitrogens with zero attached hydrogens (tertiary/aromatic N) is 1. The zero-order valence-electron chi connectivity index (χ0n) is 9.75. The van der Waals surface area contributed by atoms with Crippen LogP contribution < -0.4 is 5.32 Å². The standard InChI is InChI=1S/C11H22N2O2/c1-13(2)10(15)3-7-12-9-11(4-5-11)6-8-14/h12,14H,3-9H2,1-2H3. The average molecular weight is 214 g/mol. The lowest BCUT2D eigenvalue weighted by atomic mass is 10.0. The second kappa shape index (κ2) is 5.47. The van der Waals surface area contributed by atoms with E-state index < -0.39 is 0 Å². The van der Waals surface area contributed by atoms with Gasteiger partial charge in [0, 0.05) is 40.2 Å². The van der Waals surface area contributed by atoms with Crippen LogP contribution in [0.4, 0.5) is 0 Å². The Morgan fingerprint density at radius 1 is 1.47 bits per heavy atom. The van der Waals surface area contributed by atoms with Crippen molar-refractivity contribution in [2.75, 3.05) is 33.8 Å². The number of rotatable bonds is 7. The summed E-state index contributed by atoms with van der Waals surface area (Å²) in [5.74, 6) is 0.162. The smallest absolute Gasteiger partial charge is 0.223 e. The molecule has 0 aromatic heterocycles. The predicted molar refractivity (Wildman–Crippen MR) is 59.6 cm³/mol. The first-order valence-electron chi connectivity index (χ1n) is 5.61. The molecule has 0 atom stereocenters. The number of hydrogen-bond donors (Lipinski definition) is 2. The Hall–Kier alpha value is -0.610. The summed E-state index contributed by atoms with van der Waals surface area (Å²) in [5, 5.41) is 12.2. The zero-order valence-corrected chi connectivity index (χ0v) is 9.75. The molecular weight excluding hydrogens is 192 g/mol. The largest absolute Gasteiger partial charge is 0.396 e. The van der Waals surface area contributed by atoms with Crippen molar-refractivity contribution in [1.82, 2.24) is 10.2 Å². The molecule has 2 N–H and O–H groups in total. The van der Waals surface area contributed by atoms with Gasteiger partial charge in [0.1, 0.15) is 0 Å². The van der Waals surface area contributed by atoms with Crippen molar-refractivity contribution >= 4 is 5.91 Å². The molecule has 4 nitrogen and oxygen atoms in total. The average Bonchev–Trinajstić information content (AvgIpc) is 2.93. The van der Waals surface area contributed by atoms with Crippen molar-refractivity contribution in [3.63, 3.8) is 0 Å². The lowest BCUT2D eigenvalue weighted by molar-refractivity contribution is -0.128. The summed E-state index contributed by atoms with van der Waals surface area (Å²) in [6, 6.07) is 0. The number of hydrogen-bond acceptors (Lipinski definition) is 3. The summed E-state index contributed by atoms with van der Waals surface area (Å²) < 4.78 is 0. The quantitative estimate of drug-likeness (QED) is 0.596. The summed E-state index contributed by atoms with van der Waals surface area (Å²) in [6.45, 7) is 1.96. The molecule has 1 aliphatic carbocycles. The first-order chi connectivity index (χ1) is 7.09. The molecule has 1 amide bonds. The van der Waals surface area contributed by atoms with Gasteiger partial charge >= 0.3 is 0 Å². The van der Waals surface area contributed by atoms with Gasteiger partial charge in [-0.1, -0.05) is 0 Å². The van der Waals surface area contributed by atoms with Crippen LogP contribution in [-0.4, -0.2) is 49.7 Å². The number of amides is 1. The Morgan fingerprint density at radius 3 is 2.60 bits per heavy atom. The molecule has 88 valence electrons. The maximum atomic E-state index is 11.3. The molecule has 0 spiro atoms. The molecular formula is C11H22N2O2. The molecule has 0 unspecified atom stereocenters. The van der Waals surface area contributed by atoms with Crippen molar-refractivity contribution in [3.05, 3.63) is 0 Å². The number of carbonyl (C=O) groups is 1. The summed E-state index contributed by atoms with van der Waals surface area (Å²) in [4.78, 5) is 12.9. The second-order valence-corrected chi connectivity index (χ2v) is 4.69. The lowest BCUT2D eigenvalue weighted by Crippen LogP contribution is -2.30. The van der Waals surface area contributed by atoms with Crippen molar-refractivity contribution in [1.29, 1.82) is 0 Å². The van der Waals surface area contributed by atoms with E-state index in [4.69, 9.17) is 5.11 Å². The van der Waals surface area contributed by atoms with Crippen LogP contribution in [0.25, 0.3) is 0 Å². The normalized spacial score (nSPS) is 17.5. The first kappa shape index (κ1) is 12.5. The number of aliphatic hydroxyl groups is 1. The molecule has 1 aliphatic rings. The Balaban J connectivity index is 2.04. The van der Waals surface area contributed by atoms with Crippen LogP contribution in [0.2, 0.25) is 0 Å². The topological polar surface area (TPSA) is 52.6 Å². The number of aliphatic hydroxyl groups excluding tert-OH is 1. The van der Waals surface area contributed by atoms with Crippen LogP contribution in [0.1, 0.15) is 25.7 Å². The Kier molecular flexibility index (Phi) is 4.54. The second-order valence-electron chi connectivity index (χ2n) is 4.69. The Morgan fingerprint density at radius 2 is 2.13 bits per heavy atom. The van der Waals surface area contributed by atoms with E-state index in [9.17, 15) is 4.79 Å². The third kappa shape index (κ3) is 4.18. The highest BCUT2D eigenvalue weighted by Gasteiger charge is 2.41. The van der Waals surface area contributed by atoms with Crippen LogP contribution in [0.5, 0.6) is 0 Å². The third-order valence-corrected chi connectivity index (χ3v) is 3.11. The van der Waals surface area contributed by atoms with Gasteiger partial charge in [-0.3, -0.25) is 4.79 Å². The van der Waals surface area contributed by atoms with E-state index in [1.807, 2.05) is 0 Å². The Labute approximate surface area is 91.6 Å². The van der Waals surface area contributed by atoms with Crippen LogP contribution in [0, 0.1) is 5.41 Å². The highest BCUT2D eigenvalue weighted by Crippen LogP contribution is 2.47. The third-order valence-electron chi connectivity index (χ3n) is 3.11. The zero-order chi connectivity index (χ0) is 11.3. The monoisotopic (exact) mass is 214 g/mol. The molecule has 0 aromatic rings. The highest BCUT2D eigenvalue weighted by atomic mass is 16.3. The van der Waals surface area contributed by atoms with Gasteiger partial charge < -0.3 is 15.3 Å². The predicted octanol–water partition coefficient (Wildman–Crippen LogP) is 0.217. The van der Waals surface area contributed by atoms with Gasteiger partial charge in [-0.05, 0) is 24.7 Å². The summed E-state index contributed by atoms with van der Waals surface area (Å²) in [6.07, 6.45) is 3.87. The van der Waals surface area contributed by atoms with Crippen molar-refractivity contribution in [2.24, 2.45) is 5.41 Å². The minimum Gasteiger partial charge on any atom is -0.396 e. The number of carbonyl (C=O) groups excluding carboxylic acids is 1. The molecule has 1 fully saturated rings. The fourth-order valence-electron chi connectivity index (χ4n) is 1.70. The van der Waals surface area contributed by atoms with Crippen LogP contribution in [0.15, 0.2) is 0 Å². The van der Waals surface area contributed by atoms with Gasteiger partial charge in [-0.15, -0.1) is 0 Å². The van der Waals surface area contributed by atoms with Gasteiger partial charge in [0.25, 0.3) is 0 Å². The van der Waals surface area contributed by atoms with E-state index in [0.717, 1.165) is 19.5 Å². The van der Waals surface area contributed by atoms with E-state index in [0.29, 0.717) is 11.8 Å². The molecule has 0 radical (unpaired) electrons. The van der Waals surface area contributed by atoms with E-state index in [2.05, 4.69) is 5.32 Å². The van der Waals surface area contributed by atoms with Gasteiger partial charge in [0.05, 0.1) is 0 Å². The molecule has 0 bridgehead atoms. The maximum Gasteiger partial charge on any atom is 0.223 e. The molecule has 0 heterocycles. The minimum absolute atomic E-state index is 0.162. The van der Waals surface area contributed by atoms with Crippen molar-refractivity contribution in [2.45, 2.75) is 25.7 Å². The minimum atomic E-state index is 0.162. The van der Waals surface area contributed by atoms with Gasteiger partial charge in [-0.25, -0.2) is 0 Å². The van der Waals surface area contributed by atoms with Crippen LogP contribution >= 0.6 is 0 Å². The van der Waals surface area contributed by atoms with E-state index in [1.54, 1.807) is 19.0 Å². The molecule has 15 heavy (non-hydrogen) atoms. The molecule has 1 saturated carbocycles. The number of nitrogens with one attached hydrogen (secondary N) is 1. The van der Waals surface area contributed by atoms with Crippen LogP contribution in [-0.2, 0) is 4.79 Å². The molecule has 0 aliphatic heterocycles. The van der Waals surface area contributed by atoms with Crippen LogP contribution in [0.3, 0.4) is 0 Å². The SMILES string of the molecule is CN(C)C(=O)CCNCC1(CCO)CC1. The fraction of sp³-hybridized carbons (Fsp3) is 0.909. The fourth-order valence-corrected chi connectivity index (χ4v) is 1.70. The maximum absolute atomic E-state index is 11.3. The highest BCUT2D eigenvalue weighted by molar-refractivity contribution is 5.75. The van der Waals surface area contributed by atoms with Gasteiger partial charge in [0.2, 0.25) is 5.91 Å². The molecule has 4 heteroatoms. The first-order valence-corrected chi connectivity index (χ1v) is 5.61. The summed E-state index contributed by atoms with van der Waals surface area (Å²) in [5.41, 5.74) is 0.343. The molecule has 1 rings (SSSR count). The van der Waals surface area contributed by atoms with Gasteiger partial charge in [-0.2, -0.15) is 0 Å². The molecule has 0 saturated heterocycles. The van der Waals surface area contributed by atoms with E-state index >= 15 is 0 Å². The van der Waals surface area contributed by atoms with Gasteiger partial charge in [0.15, 0.2) is 0 Å². The van der Waals surface area contributed by atoms with E-state index in [-0.39, 0.29) is 12.5 Å². The summed E-state index contributed by atoms with van der Waals surface area (Å²) >= 11 is 0. The lowest BCUT2D eigenvalue weighted by Gasteiger charge is -2.15. The Bertz CT molecular complexity index is 213. The van der Waals surface area contributed by atoms with Crippen molar-refractivity contribution < 1.29 is 9.90 Å².